The zero-order chi connectivity index (χ0) is 10.7. The van der Waals surface area contributed by atoms with E-state index in [9.17, 15) is 0 Å². The molecule has 0 aliphatic carbocycles. The van der Waals surface area contributed by atoms with Gasteiger partial charge < -0.3 is 5.73 Å². The molecule has 0 bridgehead atoms. The molecule has 0 aliphatic heterocycles. The summed E-state index contributed by atoms with van der Waals surface area (Å²) >= 11 is 0. The van der Waals surface area contributed by atoms with Gasteiger partial charge in [0.2, 0.25) is 0 Å². The second kappa shape index (κ2) is 4.41. The molecule has 0 radical (unpaired) electrons. The highest BCUT2D eigenvalue weighted by Crippen LogP contribution is 2.18. The average molecular weight is 200 g/mol. The summed E-state index contributed by atoms with van der Waals surface area (Å²) in [7, 11) is 0. The van der Waals surface area contributed by atoms with Gasteiger partial charge in [-0.05, 0) is 30.3 Å². The van der Waals surface area contributed by atoms with E-state index in [1.165, 1.54) is 10.8 Å². The SMILES string of the molecule is CC(CN)Cc1nccc2ccccc12. The normalized spacial score (nSPS) is 12.9. The minimum Gasteiger partial charge on any atom is -0.330 e. The quantitative estimate of drug-likeness (QED) is 0.826. The van der Waals surface area contributed by atoms with Crippen LogP contribution >= 0.6 is 0 Å². The van der Waals surface area contributed by atoms with E-state index in [1.807, 2.05) is 12.3 Å². The van der Waals surface area contributed by atoms with Crippen molar-refractivity contribution in [3.63, 3.8) is 0 Å². The molecule has 1 unspecified atom stereocenters. The molecule has 1 aromatic carbocycles. The molecule has 0 fully saturated rings. The van der Waals surface area contributed by atoms with Gasteiger partial charge in [0.25, 0.3) is 0 Å². The Morgan fingerprint density at radius 3 is 2.87 bits per heavy atom. The van der Waals surface area contributed by atoms with E-state index in [0.29, 0.717) is 12.5 Å². The van der Waals surface area contributed by atoms with E-state index < -0.39 is 0 Å². The number of rotatable bonds is 3. The minimum absolute atomic E-state index is 0.489. The summed E-state index contributed by atoms with van der Waals surface area (Å²) < 4.78 is 0. The lowest BCUT2D eigenvalue weighted by Crippen LogP contribution is -2.13. The zero-order valence-electron chi connectivity index (χ0n) is 8.98. The van der Waals surface area contributed by atoms with Crippen molar-refractivity contribution in [2.45, 2.75) is 13.3 Å². The smallest absolute Gasteiger partial charge is 0.0485 e. The topological polar surface area (TPSA) is 38.9 Å². The summed E-state index contributed by atoms with van der Waals surface area (Å²) in [5, 5.41) is 2.51. The fourth-order valence-electron chi connectivity index (χ4n) is 1.76. The molecule has 0 amide bonds. The first-order chi connectivity index (χ1) is 7.31. The van der Waals surface area contributed by atoms with Crippen molar-refractivity contribution in [2.24, 2.45) is 11.7 Å². The maximum Gasteiger partial charge on any atom is 0.0485 e. The maximum absolute atomic E-state index is 5.64. The fourth-order valence-corrected chi connectivity index (χ4v) is 1.76. The molecular formula is C13H16N2. The second-order valence-corrected chi connectivity index (χ2v) is 4.02. The Kier molecular flexibility index (Phi) is 2.97. The number of benzene rings is 1. The third kappa shape index (κ3) is 2.16. The van der Waals surface area contributed by atoms with Gasteiger partial charge in [0.1, 0.15) is 0 Å². The lowest BCUT2D eigenvalue weighted by molar-refractivity contribution is 0.587. The van der Waals surface area contributed by atoms with Crippen LogP contribution in [-0.4, -0.2) is 11.5 Å². The number of hydrogen-bond acceptors (Lipinski definition) is 2. The van der Waals surface area contributed by atoms with Crippen LogP contribution in [0.5, 0.6) is 0 Å². The van der Waals surface area contributed by atoms with Crippen LogP contribution in [0.4, 0.5) is 0 Å². The molecule has 1 aromatic heterocycles. The van der Waals surface area contributed by atoms with Gasteiger partial charge in [0, 0.05) is 17.3 Å². The highest BCUT2D eigenvalue weighted by Gasteiger charge is 2.05. The molecule has 2 heteroatoms. The number of nitrogens with two attached hydrogens (primary N) is 1. The molecule has 2 rings (SSSR count). The van der Waals surface area contributed by atoms with Crippen molar-refractivity contribution in [3.8, 4) is 0 Å². The van der Waals surface area contributed by atoms with Gasteiger partial charge in [-0.25, -0.2) is 0 Å². The lowest BCUT2D eigenvalue weighted by Gasteiger charge is -2.09. The van der Waals surface area contributed by atoms with Crippen molar-refractivity contribution in [1.29, 1.82) is 0 Å². The van der Waals surface area contributed by atoms with Crippen LogP contribution in [-0.2, 0) is 6.42 Å². The highest BCUT2D eigenvalue weighted by molar-refractivity contribution is 5.84. The highest BCUT2D eigenvalue weighted by atomic mass is 14.7. The van der Waals surface area contributed by atoms with E-state index in [1.54, 1.807) is 0 Å². The lowest BCUT2D eigenvalue weighted by atomic mass is 10.0. The molecule has 0 aliphatic rings. The number of fused-ring (bicyclic) bond motifs is 1. The molecule has 0 spiro atoms. The Bertz CT molecular complexity index is 446. The van der Waals surface area contributed by atoms with Crippen LogP contribution in [0, 0.1) is 5.92 Å². The fraction of sp³-hybridized carbons (Fsp3) is 0.308. The standard InChI is InChI=1S/C13H16N2/c1-10(9-14)8-13-12-5-3-2-4-11(12)6-7-15-13/h2-7,10H,8-9,14H2,1H3. The maximum atomic E-state index is 5.64. The van der Waals surface area contributed by atoms with Crippen LogP contribution in [0.25, 0.3) is 10.8 Å². The number of pyridine rings is 1. The monoisotopic (exact) mass is 200 g/mol. The summed E-state index contributed by atoms with van der Waals surface area (Å²) in [5.74, 6) is 0.489. The number of nitrogens with zero attached hydrogens (tertiary/aromatic N) is 1. The Balaban J connectivity index is 2.42. The third-order valence-electron chi connectivity index (χ3n) is 2.70. The van der Waals surface area contributed by atoms with E-state index in [4.69, 9.17) is 5.73 Å². The molecule has 0 saturated heterocycles. The average Bonchev–Trinajstić information content (AvgIpc) is 2.29. The van der Waals surface area contributed by atoms with E-state index in [0.717, 1.165) is 12.1 Å². The van der Waals surface area contributed by atoms with E-state index in [-0.39, 0.29) is 0 Å². The van der Waals surface area contributed by atoms with Gasteiger partial charge in [-0.15, -0.1) is 0 Å². The molecule has 1 heterocycles. The Morgan fingerprint density at radius 2 is 2.07 bits per heavy atom. The molecule has 1 atom stereocenters. The van der Waals surface area contributed by atoms with Gasteiger partial charge in [-0.3, -0.25) is 4.98 Å². The van der Waals surface area contributed by atoms with E-state index in [2.05, 4.69) is 36.2 Å². The minimum atomic E-state index is 0.489. The van der Waals surface area contributed by atoms with Gasteiger partial charge in [0.15, 0.2) is 0 Å². The van der Waals surface area contributed by atoms with Crippen LogP contribution in [0.2, 0.25) is 0 Å². The van der Waals surface area contributed by atoms with E-state index >= 15 is 0 Å². The summed E-state index contributed by atoms with van der Waals surface area (Å²) in [4.78, 5) is 4.44. The van der Waals surface area contributed by atoms with Gasteiger partial charge in [-0.1, -0.05) is 31.2 Å². The summed E-state index contributed by atoms with van der Waals surface area (Å²) in [5.41, 5.74) is 6.79. The van der Waals surface area contributed by atoms with Crippen molar-refractivity contribution in [2.75, 3.05) is 6.54 Å². The number of hydrogen-bond donors (Lipinski definition) is 1. The van der Waals surface area contributed by atoms with Crippen LogP contribution in [0.15, 0.2) is 36.5 Å². The van der Waals surface area contributed by atoms with Crippen LogP contribution < -0.4 is 5.73 Å². The first-order valence-corrected chi connectivity index (χ1v) is 5.34. The number of aromatic nitrogens is 1. The van der Waals surface area contributed by atoms with Gasteiger partial charge in [0.05, 0.1) is 0 Å². The molecule has 78 valence electrons. The van der Waals surface area contributed by atoms with Crippen LogP contribution in [0.1, 0.15) is 12.6 Å². The van der Waals surface area contributed by atoms with Crippen LogP contribution in [0.3, 0.4) is 0 Å². The first kappa shape index (κ1) is 10.1. The summed E-state index contributed by atoms with van der Waals surface area (Å²) in [6.07, 6.45) is 2.83. The third-order valence-corrected chi connectivity index (χ3v) is 2.70. The van der Waals surface area contributed by atoms with Gasteiger partial charge in [-0.2, -0.15) is 0 Å². The summed E-state index contributed by atoms with van der Waals surface area (Å²) in [6, 6.07) is 10.4. The Labute approximate surface area is 90.1 Å². The van der Waals surface area contributed by atoms with Crippen molar-refractivity contribution < 1.29 is 0 Å². The Morgan fingerprint density at radius 1 is 1.27 bits per heavy atom. The van der Waals surface area contributed by atoms with Crippen molar-refractivity contribution >= 4 is 10.8 Å². The van der Waals surface area contributed by atoms with Crippen molar-refractivity contribution in [3.05, 3.63) is 42.2 Å². The molecule has 0 saturated carbocycles. The molecule has 2 aromatic rings. The molecule has 2 nitrogen and oxygen atoms in total. The van der Waals surface area contributed by atoms with Gasteiger partial charge >= 0.3 is 0 Å². The molecule has 15 heavy (non-hydrogen) atoms. The molecular weight excluding hydrogens is 184 g/mol. The molecule has 2 N–H and O–H groups in total. The van der Waals surface area contributed by atoms with Crippen molar-refractivity contribution in [1.82, 2.24) is 4.98 Å². The predicted molar refractivity (Wildman–Crippen MR) is 63.7 cm³/mol. The summed E-state index contributed by atoms with van der Waals surface area (Å²) in [6.45, 7) is 2.87. The Hall–Kier alpha value is -1.41. The zero-order valence-corrected chi connectivity index (χ0v) is 8.98. The predicted octanol–water partition coefficient (Wildman–Crippen LogP) is 2.37. The second-order valence-electron chi connectivity index (χ2n) is 4.02. The largest absolute Gasteiger partial charge is 0.330 e. The first-order valence-electron chi connectivity index (χ1n) is 5.34.